The van der Waals surface area contributed by atoms with Gasteiger partial charge in [0, 0.05) is 12.3 Å². The molecule has 0 N–H and O–H groups in total. The van der Waals surface area contributed by atoms with Crippen LogP contribution in [0.1, 0.15) is 33.6 Å². The van der Waals surface area contributed by atoms with Crippen molar-refractivity contribution in [2.45, 2.75) is 33.6 Å². The van der Waals surface area contributed by atoms with Gasteiger partial charge in [0.2, 0.25) is 0 Å². The van der Waals surface area contributed by atoms with Crippen LogP contribution in [0.25, 0.3) is 0 Å². The molecule has 2 heteroatoms. The monoisotopic (exact) mass is 171 g/mol. The molecule has 72 valence electrons. The maximum Gasteiger partial charge on any atom is 0.135 e. The zero-order chi connectivity index (χ0) is 9.56. The quantitative estimate of drug-likeness (QED) is 0.608. The van der Waals surface area contributed by atoms with Crippen molar-refractivity contribution in [2.24, 2.45) is 5.92 Å². The Morgan fingerprint density at radius 1 is 1.42 bits per heavy atom. The lowest BCUT2D eigenvalue weighted by Crippen LogP contribution is -2.20. The van der Waals surface area contributed by atoms with Crippen LogP contribution in [0.4, 0.5) is 0 Å². The molecule has 0 bridgehead atoms. The number of rotatable bonds is 6. The van der Waals surface area contributed by atoms with Gasteiger partial charge in [-0.1, -0.05) is 20.8 Å². The Bertz CT molecular complexity index is 132. The summed E-state index contributed by atoms with van der Waals surface area (Å²) in [5.41, 5.74) is 0. The molecule has 0 aromatic heterocycles. The van der Waals surface area contributed by atoms with Gasteiger partial charge in [-0.2, -0.15) is 0 Å². The number of carbonyl (C=O) groups is 1. The van der Waals surface area contributed by atoms with Crippen molar-refractivity contribution >= 4 is 5.78 Å². The molecule has 0 aromatic carbocycles. The number of hydrogen-bond donors (Lipinski definition) is 0. The molecule has 0 fully saturated rings. The largest absolute Gasteiger partial charge is 0.307 e. The number of Topliss-reactive ketones (excluding diaryl/α,β-unsaturated/α-hetero) is 1. The molecule has 12 heavy (non-hydrogen) atoms. The van der Waals surface area contributed by atoms with Crippen LogP contribution in [0, 0.1) is 5.92 Å². The fourth-order valence-corrected chi connectivity index (χ4v) is 0.970. The SMILES string of the molecule is CCN(C)CCCC(=O)C(C)C. The Morgan fingerprint density at radius 2 is 2.00 bits per heavy atom. The van der Waals surface area contributed by atoms with Crippen molar-refractivity contribution in [1.29, 1.82) is 0 Å². The van der Waals surface area contributed by atoms with Gasteiger partial charge in [0.05, 0.1) is 0 Å². The molecule has 0 aliphatic rings. The van der Waals surface area contributed by atoms with Gasteiger partial charge in [-0.15, -0.1) is 0 Å². The lowest BCUT2D eigenvalue weighted by Gasteiger charge is -2.13. The van der Waals surface area contributed by atoms with E-state index in [-0.39, 0.29) is 5.92 Å². The highest BCUT2D eigenvalue weighted by atomic mass is 16.1. The summed E-state index contributed by atoms with van der Waals surface area (Å²) in [5, 5.41) is 0. The fraction of sp³-hybridized carbons (Fsp3) is 0.900. The van der Waals surface area contributed by atoms with Gasteiger partial charge < -0.3 is 4.90 Å². The molecule has 0 spiro atoms. The van der Waals surface area contributed by atoms with E-state index < -0.39 is 0 Å². The molecule has 0 aliphatic carbocycles. The van der Waals surface area contributed by atoms with Crippen LogP contribution in [-0.2, 0) is 4.79 Å². The van der Waals surface area contributed by atoms with E-state index in [9.17, 15) is 4.79 Å². The summed E-state index contributed by atoms with van der Waals surface area (Å²) in [6, 6.07) is 0. The van der Waals surface area contributed by atoms with Crippen LogP contribution in [0.3, 0.4) is 0 Å². The molecule has 0 atom stereocenters. The van der Waals surface area contributed by atoms with Gasteiger partial charge in [-0.3, -0.25) is 4.79 Å². The van der Waals surface area contributed by atoms with Gasteiger partial charge in [0.1, 0.15) is 5.78 Å². The van der Waals surface area contributed by atoms with Crippen molar-refractivity contribution < 1.29 is 4.79 Å². The van der Waals surface area contributed by atoms with Crippen LogP contribution in [0.2, 0.25) is 0 Å². The summed E-state index contributed by atoms with van der Waals surface area (Å²) >= 11 is 0. The van der Waals surface area contributed by atoms with E-state index in [1.165, 1.54) is 0 Å². The van der Waals surface area contributed by atoms with E-state index in [4.69, 9.17) is 0 Å². The summed E-state index contributed by atoms with van der Waals surface area (Å²) < 4.78 is 0. The molecule has 0 radical (unpaired) electrons. The van der Waals surface area contributed by atoms with Crippen molar-refractivity contribution in [3.05, 3.63) is 0 Å². The first-order chi connectivity index (χ1) is 5.57. The van der Waals surface area contributed by atoms with E-state index >= 15 is 0 Å². The smallest absolute Gasteiger partial charge is 0.135 e. The van der Waals surface area contributed by atoms with Crippen LogP contribution in [0.5, 0.6) is 0 Å². The van der Waals surface area contributed by atoms with Crippen LogP contribution < -0.4 is 0 Å². The zero-order valence-electron chi connectivity index (χ0n) is 8.76. The fourth-order valence-electron chi connectivity index (χ4n) is 0.970. The Kier molecular flexibility index (Phi) is 5.99. The molecule has 0 saturated heterocycles. The number of nitrogens with zero attached hydrogens (tertiary/aromatic N) is 1. The second-order valence-corrected chi connectivity index (χ2v) is 3.62. The van der Waals surface area contributed by atoms with Crippen molar-refractivity contribution in [1.82, 2.24) is 4.90 Å². The first kappa shape index (κ1) is 11.6. The first-order valence-electron chi connectivity index (χ1n) is 4.79. The van der Waals surface area contributed by atoms with E-state index in [1.54, 1.807) is 0 Å². The third-order valence-electron chi connectivity index (χ3n) is 2.15. The van der Waals surface area contributed by atoms with Crippen molar-refractivity contribution in [3.8, 4) is 0 Å². The Labute approximate surface area is 75.9 Å². The molecule has 0 amide bonds. The van der Waals surface area contributed by atoms with Gasteiger partial charge in [-0.25, -0.2) is 0 Å². The second kappa shape index (κ2) is 6.18. The molecule has 0 heterocycles. The summed E-state index contributed by atoms with van der Waals surface area (Å²) in [4.78, 5) is 13.4. The van der Waals surface area contributed by atoms with Crippen molar-refractivity contribution in [2.75, 3.05) is 20.1 Å². The third-order valence-corrected chi connectivity index (χ3v) is 2.15. The predicted molar refractivity (Wildman–Crippen MR) is 52.3 cm³/mol. The van der Waals surface area contributed by atoms with Gasteiger partial charge in [-0.05, 0) is 26.6 Å². The maximum absolute atomic E-state index is 11.2. The van der Waals surface area contributed by atoms with E-state index in [1.807, 2.05) is 13.8 Å². The lowest BCUT2D eigenvalue weighted by molar-refractivity contribution is -0.122. The Hall–Kier alpha value is -0.370. The molecule has 0 unspecified atom stereocenters. The molecular weight excluding hydrogens is 150 g/mol. The average Bonchev–Trinajstić information content (AvgIpc) is 2.03. The predicted octanol–water partition coefficient (Wildman–Crippen LogP) is 1.94. The van der Waals surface area contributed by atoms with E-state index in [2.05, 4.69) is 18.9 Å². The molecule has 0 aliphatic heterocycles. The van der Waals surface area contributed by atoms with Crippen LogP contribution in [-0.4, -0.2) is 30.8 Å². The zero-order valence-corrected chi connectivity index (χ0v) is 8.76. The highest BCUT2D eigenvalue weighted by Gasteiger charge is 2.06. The van der Waals surface area contributed by atoms with Crippen LogP contribution in [0.15, 0.2) is 0 Å². The number of carbonyl (C=O) groups excluding carboxylic acids is 1. The van der Waals surface area contributed by atoms with Crippen LogP contribution >= 0.6 is 0 Å². The minimum Gasteiger partial charge on any atom is -0.307 e. The molecular formula is C10H21NO. The lowest BCUT2D eigenvalue weighted by atomic mass is 10.0. The third kappa shape index (κ3) is 5.30. The molecule has 0 aromatic rings. The topological polar surface area (TPSA) is 20.3 Å². The number of hydrogen-bond acceptors (Lipinski definition) is 2. The minimum absolute atomic E-state index is 0.205. The maximum atomic E-state index is 11.2. The number of ketones is 1. The molecule has 2 nitrogen and oxygen atoms in total. The van der Waals surface area contributed by atoms with Gasteiger partial charge in [0.15, 0.2) is 0 Å². The Morgan fingerprint density at radius 3 is 2.42 bits per heavy atom. The van der Waals surface area contributed by atoms with E-state index in [0.717, 1.165) is 25.9 Å². The van der Waals surface area contributed by atoms with Gasteiger partial charge >= 0.3 is 0 Å². The molecule has 0 rings (SSSR count). The summed E-state index contributed by atoms with van der Waals surface area (Å²) in [7, 11) is 2.08. The normalized spacial score (nSPS) is 11.2. The minimum atomic E-state index is 0.205. The summed E-state index contributed by atoms with van der Waals surface area (Å²) in [5.74, 6) is 0.594. The summed E-state index contributed by atoms with van der Waals surface area (Å²) in [6.07, 6.45) is 1.74. The standard InChI is InChI=1S/C10H21NO/c1-5-11(4)8-6-7-10(12)9(2)3/h9H,5-8H2,1-4H3. The van der Waals surface area contributed by atoms with Crippen molar-refractivity contribution in [3.63, 3.8) is 0 Å². The first-order valence-corrected chi connectivity index (χ1v) is 4.79. The summed E-state index contributed by atoms with van der Waals surface area (Å²) in [6.45, 7) is 8.16. The second-order valence-electron chi connectivity index (χ2n) is 3.62. The average molecular weight is 171 g/mol. The van der Waals surface area contributed by atoms with E-state index in [0.29, 0.717) is 5.78 Å². The highest BCUT2D eigenvalue weighted by molar-refractivity contribution is 5.80. The Balaban J connectivity index is 3.37. The molecule has 0 saturated carbocycles. The highest BCUT2D eigenvalue weighted by Crippen LogP contribution is 2.02. The van der Waals surface area contributed by atoms with Gasteiger partial charge in [0.25, 0.3) is 0 Å².